The van der Waals surface area contributed by atoms with Gasteiger partial charge in [-0.25, -0.2) is 0 Å². The van der Waals surface area contributed by atoms with Crippen molar-refractivity contribution >= 4 is 80.2 Å². The van der Waals surface area contributed by atoms with Gasteiger partial charge in [0.2, 0.25) is 5.91 Å². The average molecular weight is 1030 g/mol. The Hall–Kier alpha value is -6.37. The molecule has 0 N–H and O–H groups in total. The normalized spacial score (nSPS) is 16.2. The molecule has 0 saturated carbocycles. The van der Waals surface area contributed by atoms with E-state index in [-0.39, 0.29) is 60.9 Å². The Morgan fingerprint density at radius 3 is 1.68 bits per heavy atom. The Morgan fingerprint density at radius 2 is 1.18 bits per heavy atom. The van der Waals surface area contributed by atoms with Crippen molar-refractivity contribution in [2.45, 2.75) is 69.6 Å². The van der Waals surface area contributed by atoms with E-state index in [0.29, 0.717) is 103 Å². The molecule has 0 fully saturated rings. The van der Waals surface area contributed by atoms with Crippen molar-refractivity contribution < 1.29 is 47.5 Å². The summed E-state index contributed by atoms with van der Waals surface area (Å²) < 4.78 is 41.4. The third-order valence-electron chi connectivity index (χ3n) is 13.2. The zero-order chi connectivity index (χ0) is 51.1. The maximum atomic E-state index is 14.5. The Morgan fingerprint density at radius 1 is 0.671 bits per heavy atom. The van der Waals surface area contributed by atoms with Crippen LogP contribution >= 0.6 is 21.6 Å². The molecule has 382 valence electrons. The summed E-state index contributed by atoms with van der Waals surface area (Å²) in [5.74, 6) is 1.16. The van der Waals surface area contributed by atoms with Gasteiger partial charge in [0, 0.05) is 79.3 Å². The third kappa shape index (κ3) is 11.6. The summed E-state index contributed by atoms with van der Waals surface area (Å²) in [7, 11) is 8.13. The van der Waals surface area contributed by atoms with Crippen LogP contribution in [0.2, 0.25) is 0 Å². The first-order valence-corrected chi connectivity index (χ1v) is 26.9. The number of nitrogens with zero attached hydrogens (tertiary/aromatic N) is 5. The largest absolute Gasteiger partial charge is 0.493 e. The van der Waals surface area contributed by atoms with E-state index in [1.807, 2.05) is 85.4 Å². The number of benzene rings is 5. The molecule has 2 atom stereocenters. The lowest BCUT2D eigenvalue weighted by Gasteiger charge is -2.27. The molecule has 5 aromatic rings. The van der Waals surface area contributed by atoms with Crippen molar-refractivity contribution in [2.75, 3.05) is 81.9 Å². The fraction of sp³-hybridized carbons (Fsp3) is 0.375. The number of hydrogen-bond donors (Lipinski definition) is 0. The molecule has 4 aliphatic rings. The number of carbonyl (C=O) groups excluding carboxylic acids is 3. The number of carbonyl (C=O) groups is 3. The summed E-state index contributed by atoms with van der Waals surface area (Å²) in [6.45, 7) is 6.64. The Kier molecular flexibility index (Phi) is 16.4. The molecule has 0 radical (unpaired) electrons. The summed E-state index contributed by atoms with van der Waals surface area (Å²) >= 11 is 0. The maximum absolute atomic E-state index is 14.5. The highest BCUT2D eigenvalue weighted by atomic mass is 33.1. The summed E-state index contributed by atoms with van der Waals surface area (Å²) in [6, 6.07) is 28.1. The third-order valence-corrected chi connectivity index (χ3v) is 15.9. The molecule has 73 heavy (non-hydrogen) atoms. The van der Waals surface area contributed by atoms with Crippen molar-refractivity contribution in [3.63, 3.8) is 0 Å². The summed E-state index contributed by atoms with van der Waals surface area (Å²) in [6.07, 6.45) is 8.00. The second kappa shape index (κ2) is 23.2. The van der Waals surface area contributed by atoms with Gasteiger partial charge in [0.1, 0.15) is 13.2 Å². The molecular weight excluding hydrogens is 967 g/mol. The molecule has 4 aliphatic heterocycles. The van der Waals surface area contributed by atoms with E-state index in [9.17, 15) is 14.4 Å². The van der Waals surface area contributed by atoms with E-state index in [4.69, 9.17) is 43.1 Å². The fourth-order valence-electron chi connectivity index (χ4n) is 9.59. The minimum Gasteiger partial charge on any atom is -0.493 e. The smallest absolute Gasteiger partial charge is 0.261 e. The number of aliphatic imine (C=N–C) groups is 2. The first-order valence-electron chi connectivity index (χ1n) is 24.4. The van der Waals surface area contributed by atoms with Gasteiger partial charge in [-0.1, -0.05) is 58.0 Å². The van der Waals surface area contributed by atoms with Crippen molar-refractivity contribution in [1.82, 2.24) is 0 Å². The van der Waals surface area contributed by atoms with E-state index in [1.54, 1.807) is 81.9 Å². The van der Waals surface area contributed by atoms with Crippen LogP contribution < -0.4 is 33.6 Å². The van der Waals surface area contributed by atoms with Crippen LogP contribution in [-0.4, -0.2) is 114 Å². The molecule has 2 unspecified atom stereocenters. The molecule has 0 bridgehead atoms. The van der Waals surface area contributed by atoms with E-state index >= 15 is 0 Å². The quantitative estimate of drug-likeness (QED) is 0.0453. The van der Waals surface area contributed by atoms with Gasteiger partial charge in [-0.2, -0.15) is 0 Å². The molecule has 0 saturated heterocycles. The van der Waals surface area contributed by atoms with Gasteiger partial charge in [0.15, 0.2) is 23.0 Å². The lowest BCUT2D eigenvalue weighted by atomic mass is 10.1. The molecule has 0 aromatic heterocycles. The number of methoxy groups -OCH3 is 3. The number of amides is 3. The SMILES string of the molecule is COCCOCCOCCN(C(=O)CCC(C)(C)SSC)c1cc(COc2cc3c(cc2OC)C(=O)N2c4ccccc4CC2C=N3)cc(COc2cc3c(cc2OC)C(=O)N2c4ccccc4CC2C=N3)c1. The number of para-hydroxylation sites is 2. The van der Waals surface area contributed by atoms with Gasteiger partial charge >= 0.3 is 0 Å². The first-order chi connectivity index (χ1) is 35.5. The van der Waals surface area contributed by atoms with Crippen LogP contribution in [0.1, 0.15) is 69.7 Å². The number of rotatable bonds is 23. The Bertz CT molecular complexity index is 2750. The highest BCUT2D eigenvalue weighted by Gasteiger charge is 2.38. The Balaban J connectivity index is 1.01. The van der Waals surface area contributed by atoms with Crippen LogP contribution in [0, 0.1) is 0 Å². The van der Waals surface area contributed by atoms with Gasteiger partial charge in [0.25, 0.3) is 11.8 Å². The van der Waals surface area contributed by atoms with E-state index < -0.39 is 0 Å². The molecule has 17 heteroatoms. The number of fused-ring (bicyclic) bond motifs is 8. The molecule has 0 spiro atoms. The predicted molar refractivity (Wildman–Crippen MR) is 289 cm³/mol. The monoisotopic (exact) mass is 1030 g/mol. The van der Waals surface area contributed by atoms with Gasteiger partial charge in [-0.15, -0.1) is 0 Å². The van der Waals surface area contributed by atoms with Gasteiger partial charge in [0.05, 0.1) is 81.8 Å². The van der Waals surface area contributed by atoms with E-state index in [1.165, 1.54) is 0 Å². The standard InChI is InChI=1S/C56H61N5O10S2/c1-56(2,73-72-6)16-15-53(62)59(17-18-68-21-22-69-20-19-65-3)40-24-36(34-70-51-30-45-43(28-49(51)66-4)54(63)60-41(32-57-45)26-38-11-7-9-13-47(38)60)23-37(25-40)35-71-52-31-46-44(29-50(52)67-5)55(64)61-42(33-58-46)27-39-12-8-10-14-48(39)61/h7-14,23-25,28-33,41-42H,15-22,26-27,34-35H2,1-6H3. The van der Waals surface area contributed by atoms with Crippen LogP contribution in [-0.2, 0) is 45.1 Å². The minimum absolute atomic E-state index is 0.0594. The van der Waals surface area contributed by atoms with Gasteiger partial charge < -0.3 is 38.1 Å². The second-order valence-corrected chi connectivity index (χ2v) is 21.7. The van der Waals surface area contributed by atoms with Crippen LogP contribution in [0.25, 0.3) is 0 Å². The van der Waals surface area contributed by atoms with Crippen LogP contribution in [0.4, 0.5) is 28.4 Å². The van der Waals surface area contributed by atoms with Crippen molar-refractivity contribution in [3.05, 3.63) is 124 Å². The maximum Gasteiger partial charge on any atom is 0.261 e. The van der Waals surface area contributed by atoms with E-state index in [0.717, 1.165) is 33.6 Å². The van der Waals surface area contributed by atoms with E-state index in [2.05, 4.69) is 13.8 Å². The highest BCUT2D eigenvalue weighted by molar-refractivity contribution is 8.76. The minimum atomic E-state index is -0.214. The lowest BCUT2D eigenvalue weighted by molar-refractivity contribution is -0.119. The number of ether oxygens (including phenoxy) is 7. The van der Waals surface area contributed by atoms with Crippen molar-refractivity contribution in [2.24, 2.45) is 9.98 Å². The fourth-order valence-corrected chi connectivity index (χ4v) is 11.8. The molecule has 3 amide bonds. The van der Waals surface area contributed by atoms with Crippen LogP contribution in [0.5, 0.6) is 23.0 Å². The molecule has 0 aliphatic carbocycles. The topological polar surface area (TPSA) is 150 Å². The Labute approximate surface area is 434 Å². The van der Waals surface area contributed by atoms with Gasteiger partial charge in [-0.3, -0.25) is 34.2 Å². The molecular formula is C56H61N5O10S2. The summed E-state index contributed by atoms with van der Waals surface area (Å²) in [5, 5.41) is 0. The average Bonchev–Trinajstić information content (AvgIpc) is 3.89. The highest BCUT2D eigenvalue weighted by Crippen LogP contribution is 2.44. The second-order valence-electron chi connectivity index (χ2n) is 18.6. The molecule has 9 rings (SSSR count). The number of anilines is 3. The summed E-state index contributed by atoms with van der Waals surface area (Å²) in [5.41, 5.74) is 7.82. The zero-order valence-corrected chi connectivity index (χ0v) is 43.7. The lowest BCUT2D eigenvalue weighted by Crippen LogP contribution is -2.37. The van der Waals surface area contributed by atoms with Crippen molar-refractivity contribution in [1.29, 1.82) is 0 Å². The molecule has 15 nitrogen and oxygen atoms in total. The predicted octanol–water partition coefficient (Wildman–Crippen LogP) is 10.0. The zero-order valence-electron chi connectivity index (χ0n) is 42.1. The number of hydrogen-bond acceptors (Lipinski definition) is 14. The molecule has 5 aromatic carbocycles. The first kappa shape index (κ1) is 51.5. The summed E-state index contributed by atoms with van der Waals surface area (Å²) in [4.78, 5) is 57.8. The van der Waals surface area contributed by atoms with Crippen LogP contribution in [0.3, 0.4) is 0 Å². The van der Waals surface area contributed by atoms with Gasteiger partial charge in [-0.05, 0) is 91.2 Å². The van der Waals surface area contributed by atoms with Crippen molar-refractivity contribution in [3.8, 4) is 23.0 Å². The molecule has 4 heterocycles. The van der Waals surface area contributed by atoms with Crippen LogP contribution in [0.15, 0.2) is 101 Å².